The van der Waals surface area contributed by atoms with Crippen molar-refractivity contribution in [3.05, 3.63) is 23.0 Å². The molecule has 0 aliphatic carbocycles. The van der Waals surface area contributed by atoms with E-state index in [1.807, 2.05) is 20.9 Å². The van der Waals surface area contributed by atoms with Gasteiger partial charge >= 0.3 is 0 Å². The molecule has 0 unspecified atom stereocenters. The fourth-order valence-electron chi connectivity index (χ4n) is 1.97. The van der Waals surface area contributed by atoms with Crippen molar-refractivity contribution < 1.29 is 9.32 Å². The quantitative estimate of drug-likeness (QED) is 0.927. The third kappa shape index (κ3) is 3.08. The Kier molecular flexibility index (Phi) is 5.47. The van der Waals surface area contributed by atoms with E-state index in [1.165, 1.54) is 0 Å². The molecule has 0 fully saturated rings. The average Bonchev–Trinajstić information content (AvgIpc) is 2.75. The third-order valence-electron chi connectivity index (χ3n) is 3.02. The second-order valence-corrected chi connectivity index (χ2v) is 4.59. The number of likely N-dealkylation sites (N-methyl/N-ethyl adjacent to an activating group) is 2. The minimum atomic E-state index is -0.0444. The van der Waals surface area contributed by atoms with Crippen LogP contribution >= 0.6 is 12.4 Å². The largest absolute Gasteiger partial charge is 0.340 e. The lowest BCUT2D eigenvalue weighted by atomic mass is 10.1. The average molecular weight is 299 g/mol. The lowest BCUT2D eigenvalue weighted by Gasteiger charge is -2.17. The van der Waals surface area contributed by atoms with Crippen molar-refractivity contribution in [1.82, 2.24) is 20.4 Å². The Morgan fingerprint density at radius 3 is 2.80 bits per heavy atom. The lowest BCUT2D eigenvalue weighted by Crippen LogP contribution is -2.33. The summed E-state index contributed by atoms with van der Waals surface area (Å²) < 4.78 is 5.14. The molecule has 110 valence electrons. The van der Waals surface area contributed by atoms with Gasteiger partial charge in [-0.1, -0.05) is 5.16 Å². The first-order chi connectivity index (χ1) is 9.04. The molecule has 1 amide bonds. The van der Waals surface area contributed by atoms with Gasteiger partial charge in [0.2, 0.25) is 0 Å². The van der Waals surface area contributed by atoms with Gasteiger partial charge in [-0.25, -0.2) is 4.98 Å². The molecule has 7 heteroatoms. The van der Waals surface area contributed by atoms with Crippen LogP contribution in [0.1, 0.15) is 21.7 Å². The Morgan fingerprint density at radius 2 is 2.15 bits per heavy atom. The number of aromatic nitrogens is 2. The van der Waals surface area contributed by atoms with Crippen LogP contribution in [0.15, 0.2) is 10.6 Å². The van der Waals surface area contributed by atoms with E-state index in [-0.39, 0.29) is 18.3 Å². The van der Waals surface area contributed by atoms with Crippen LogP contribution in [-0.2, 0) is 0 Å². The Hall–Kier alpha value is -1.66. The van der Waals surface area contributed by atoms with Gasteiger partial charge in [-0.05, 0) is 27.0 Å². The number of fused-ring (bicyclic) bond motifs is 1. The number of rotatable bonds is 4. The Balaban J connectivity index is 0.00000200. The second kappa shape index (κ2) is 6.67. The summed E-state index contributed by atoms with van der Waals surface area (Å²) in [5.74, 6) is -0.0444. The molecule has 2 aromatic rings. The number of aryl methyl sites for hydroxylation is 2. The van der Waals surface area contributed by atoms with Crippen molar-refractivity contribution in [2.75, 3.05) is 27.2 Å². The number of hydrogen-bond donors (Lipinski definition) is 1. The van der Waals surface area contributed by atoms with E-state index in [2.05, 4.69) is 15.5 Å². The molecule has 2 rings (SSSR count). The van der Waals surface area contributed by atoms with E-state index in [1.54, 1.807) is 18.0 Å². The van der Waals surface area contributed by atoms with Crippen LogP contribution in [0, 0.1) is 13.8 Å². The number of carbonyl (C=O) groups is 1. The molecule has 6 nitrogen and oxygen atoms in total. The maximum atomic E-state index is 12.5. The fourth-order valence-corrected chi connectivity index (χ4v) is 1.97. The third-order valence-corrected chi connectivity index (χ3v) is 3.02. The van der Waals surface area contributed by atoms with Gasteiger partial charge < -0.3 is 14.7 Å². The lowest BCUT2D eigenvalue weighted by molar-refractivity contribution is 0.0798. The van der Waals surface area contributed by atoms with Gasteiger partial charge in [0.15, 0.2) is 0 Å². The van der Waals surface area contributed by atoms with E-state index in [0.29, 0.717) is 28.9 Å². The van der Waals surface area contributed by atoms with Crippen molar-refractivity contribution >= 4 is 29.4 Å². The standard InChI is InChI=1S/C13H18N4O2.ClH/c1-8-7-10(13(18)17(4)6-5-14-3)11-9(2)16-19-12(11)15-8;/h7,14H,5-6H2,1-4H3;1H. The Morgan fingerprint density at radius 1 is 1.45 bits per heavy atom. The molecule has 0 aromatic carbocycles. The number of nitrogens with zero attached hydrogens (tertiary/aromatic N) is 3. The zero-order chi connectivity index (χ0) is 14.0. The van der Waals surface area contributed by atoms with Gasteiger partial charge in [0.1, 0.15) is 0 Å². The van der Waals surface area contributed by atoms with Crippen LogP contribution in [0.25, 0.3) is 11.1 Å². The van der Waals surface area contributed by atoms with E-state index in [4.69, 9.17) is 4.52 Å². The molecule has 0 spiro atoms. The summed E-state index contributed by atoms with van der Waals surface area (Å²) in [4.78, 5) is 18.4. The highest BCUT2D eigenvalue weighted by Crippen LogP contribution is 2.22. The summed E-state index contributed by atoms with van der Waals surface area (Å²) in [6.45, 7) is 5.04. The van der Waals surface area contributed by atoms with Gasteiger partial charge in [0.05, 0.1) is 16.6 Å². The van der Waals surface area contributed by atoms with E-state index in [0.717, 1.165) is 12.2 Å². The zero-order valence-corrected chi connectivity index (χ0v) is 12.9. The van der Waals surface area contributed by atoms with Gasteiger partial charge in [-0.15, -0.1) is 12.4 Å². The van der Waals surface area contributed by atoms with Crippen LogP contribution < -0.4 is 5.32 Å². The first kappa shape index (κ1) is 16.4. The molecule has 1 N–H and O–H groups in total. The normalized spacial score (nSPS) is 10.4. The molecule has 0 radical (unpaired) electrons. The number of pyridine rings is 1. The van der Waals surface area contributed by atoms with Crippen molar-refractivity contribution in [2.24, 2.45) is 0 Å². The summed E-state index contributed by atoms with van der Waals surface area (Å²) in [7, 11) is 3.64. The predicted molar refractivity (Wildman–Crippen MR) is 79.4 cm³/mol. The predicted octanol–water partition coefficient (Wildman–Crippen LogP) is 1.55. The van der Waals surface area contributed by atoms with E-state index in [9.17, 15) is 4.79 Å². The first-order valence-electron chi connectivity index (χ1n) is 6.18. The highest BCUT2D eigenvalue weighted by atomic mass is 35.5. The van der Waals surface area contributed by atoms with Crippen LogP contribution in [0.5, 0.6) is 0 Å². The van der Waals surface area contributed by atoms with Crippen LogP contribution in [0.4, 0.5) is 0 Å². The zero-order valence-electron chi connectivity index (χ0n) is 12.1. The first-order valence-corrected chi connectivity index (χ1v) is 6.18. The molecular formula is C13H19ClN4O2. The van der Waals surface area contributed by atoms with E-state index < -0.39 is 0 Å². The molecular weight excluding hydrogens is 280 g/mol. The smallest absolute Gasteiger partial charge is 0.258 e. The minimum Gasteiger partial charge on any atom is -0.340 e. The topological polar surface area (TPSA) is 71.3 Å². The van der Waals surface area contributed by atoms with Crippen LogP contribution in [0.2, 0.25) is 0 Å². The summed E-state index contributed by atoms with van der Waals surface area (Å²) >= 11 is 0. The second-order valence-electron chi connectivity index (χ2n) is 4.59. The number of nitrogens with one attached hydrogen (secondary N) is 1. The Labute approximate surface area is 123 Å². The van der Waals surface area contributed by atoms with Crippen LogP contribution in [-0.4, -0.2) is 48.1 Å². The van der Waals surface area contributed by atoms with Gasteiger partial charge in [0.25, 0.3) is 11.6 Å². The SMILES string of the molecule is CNCCN(C)C(=O)c1cc(C)nc2onc(C)c12.Cl. The number of halogens is 1. The molecule has 0 aliphatic rings. The highest BCUT2D eigenvalue weighted by Gasteiger charge is 2.20. The molecule has 2 heterocycles. The number of hydrogen-bond acceptors (Lipinski definition) is 5. The molecule has 0 atom stereocenters. The summed E-state index contributed by atoms with van der Waals surface area (Å²) in [6.07, 6.45) is 0. The molecule has 0 saturated carbocycles. The van der Waals surface area contributed by atoms with Gasteiger partial charge in [-0.3, -0.25) is 4.79 Å². The van der Waals surface area contributed by atoms with Gasteiger partial charge in [-0.2, -0.15) is 0 Å². The summed E-state index contributed by atoms with van der Waals surface area (Å²) in [6, 6.07) is 1.78. The summed E-state index contributed by atoms with van der Waals surface area (Å²) in [5, 5.41) is 7.60. The highest BCUT2D eigenvalue weighted by molar-refractivity contribution is 6.05. The molecule has 2 aromatic heterocycles. The fraction of sp³-hybridized carbons (Fsp3) is 0.462. The molecule has 0 aliphatic heterocycles. The maximum Gasteiger partial charge on any atom is 0.258 e. The van der Waals surface area contributed by atoms with Gasteiger partial charge in [0, 0.05) is 25.8 Å². The van der Waals surface area contributed by atoms with Crippen molar-refractivity contribution in [2.45, 2.75) is 13.8 Å². The minimum absolute atomic E-state index is 0. The maximum absolute atomic E-state index is 12.5. The monoisotopic (exact) mass is 298 g/mol. The van der Waals surface area contributed by atoms with E-state index >= 15 is 0 Å². The number of carbonyl (C=O) groups excluding carboxylic acids is 1. The van der Waals surface area contributed by atoms with Crippen molar-refractivity contribution in [1.29, 1.82) is 0 Å². The molecule has 20 heavy (non-hydrogen) atoms. The van der Waals surface area contributed by atoms with Crippen molar-refractivity contribution in [3.8, 4) is 0 Å². The van der Waals surface area contributed by atoms with Crippen LogP contribution in [0.3, 0.4) is 0 Å². The van der Waals surface area contributed by atoms with Crippen molar-refractivity contribution in [3.63, 3.8) is 0 Å². The summed E-state index contributed by atoms with van der Waals surface area (Å²) in [5.41, 5.74) is 2.45. The Bertz CT molecular complexity index is 612. The molecule has 0 bridgehead atoms. The number of amides is 1. The molecule has 0 saturated heterocycles.